The molecule has 4 rings (SSSR count). The smallest absolute Gasteiger partial charge is 0.0984 e. The maximum absolute atomic E-state index is 5.56. The normalized spacial score (nSPS) is 87.0. The minimum absolute atomic E-state index is 0.537. The number of ether oxygens (including phenoxy) is 1. The van der Waals surface area contributed by atoms with Crippen molar-refractivity contribution in [3.8, 4) is 0 Å². The second-order valence-corrected chi connectivity index (χ2v) is 3.85. The Morgan fingerprint density at radius 2 is 2.38 bits per heavy atom. The van der Waals surface area contributed by atoms with Gasteiger partial charge in [-0.25, -0.2) is 0 Å². The molecule has 0 amide bonds. The van der Waals surface area contributed by atoms with Gasteiger partial charge in [-0.15, -0.1) is 0 Å². The lowest BCUT2D eigenvalue weighted by atomic mass is 9.82. The summed E-state index contributed by atoms with van der Waals surface area (Å²) in [5.41, 5.74) is 0.537. The van der Waals surface area contributed by atoms with Gasteiger partial charge < -0.3 is 4.74 Å². The Bertz CT molecular complexity index is 189. The molecule has 4 aliphatic rings. The van der Waals surface area contributed by atoms with E-state index in [1.807, 2.05) is 0 Å². The number of fused-ring (bicyclic) bond motifs is 1. The van der Waals surface area contributed by atoms with Crippen molar-refractivity contribution in [2.24, 2.45) is 17.8 Å². The Morgan fingerprint density at radius 1 is 1.38 bits per heavy atom. The average molecular weight is 108 g/mol. The van der Waals surface area contributed by atoms with E-state index in [0.717, 1.165) is 23.9 Å². The fourth-order valence-electron chi connectivity index (χ4n) is 3.31. The van der Waals surface area contributed by atoms with Crippen LogP contribution in [0.4, 0.5) is 0 Å². The van der Waals surface area contributed by atoms with E-state index < -0.39 is 0 Å². The van der Waals surface area contributed by atoms with Crippen LogP contribution in [0.3, 0.4) is 0 Å². The van der Waals surface area contributed by atoms with Crippen molar-refractivity contribution >= 4 is 0 Å². The molecule has 0 bridgehead atoms. The van der Waals surface area contributed by atoms with Crippen LogP contribution in [0.25, 0.3) is 0 Å². The Balaban J connectivity index is 2.03. The van der Waals surface area contributed by atoms with Gasteiger partial charge in [0.25, 0.3) is 0 Å². The van der Waals surface area contributed by atoms with Crippen molar-refractivity contribution in [2.45, 2.75) is 24.5 Å². The van der Waals surface area contributed by atoms with Gasteiger partial charge in [-0.05, 0) is 30.6 Å². The molecule has 1 heteroatoms. The first-order valence-electron chi connectivity index (χ1n) is 3.60. The van der Waals surface area contributed by atoms with Crippen molar-refractivity contribution in [2.75, 3.05) is 0 Å². The summed E-state index contributed by atoms with van der Waals surface area (Å²) in [6.07, 6.45) is 3.62. The average Bonchev–Trinajstić information content (AvgIpc) is 2.47. The summed E-state index contributed by atoms with van der Waals surface area (Å²) in [6, 6.07) is 0. The lowest BCUT2D eigenvalue weighted by Gasteiger charge is -2.20. The summed E-state index contributed by atoms with van der Waals surface area (Å²) in [4.78, 5) is 0. The molecule has 5 unspecified atom stereocenters. The predicted octanol–water partition coefficient (Wildman–Crippen LogP) is 0.794. The van der Waals surface area contributed by atoms with Gasteiger partial charge in [0.2, 0.25) is 0 Å². The monoisotopic (exact) mass is 108 g/mol. The molecule has 3 saturated carbocycles. The van der Waals surface area contributed by atoms with E-state index in [4.69, 9.17) is 4.74 Å². The molecule has 1 spiro atoms. The standard InChI is InChI=1S/C7H8O/c1-3-4-2-7(6(3)4)5(1)8-7/h3-6H,1-2H2. The Kier molecular flexibility index (Phi) is 0.226. The molecule has 8 heavy (non-hydrogen) atoms. The first kappa shape index (κ1) is 3.21. The van der Waals surface area contributed by atoms with E-state index in [1.165, 1.54) is 12.8 Å². The quantitative estimate of drug-likeness (QED) is 0.418. The molecule has 0 aromatic carbocycles. The van der Waals surface area contributed by atoms with Crippen molar-refractivity contribution in [1.82, 2.24) is 0 Å². The van der Waals surface area contributed by atoms with Crippen LogP contribution in [0.15, 0.2) is 0 Å². The molecule has 3 aliphatic carbocycles. The van der Waals surface area contributed by atoms with E-state index >= 15 is 0 Å². The molecular formula is C7H8O. The third-order valence-corrected chi connectivity index (χ3v) is 3.79. The SMILES string of the molecule is C1C2C3CC4(OC14)C23. The van der Waals surface area contributed by atoms with Crippen LogP contribution in [0.5, 0.6) is 0 Å². The maximum atomic E-state index is 5.56. The number of epoxide rings is 1. The first-order chi connectivity index (χ1) is 3.92. The highest BCUT2D eigenvalue weighted by Gasteiger charge is 2.87. The Hall–Kier alpha value is -0.0400. The van der Waals surface area contributed by atoms with Gasteiger partial charge in [0.1, 0.15) is 0 Å². The number of hydrogen-bond donors (Lipinski definition) is 0. The second kappa shape index (κ2) is 0.563. The Labute approximate surface area is 48.0 Å². The summed E-state index contributed by atoms with van der Waals surface area (Å²) < 4.78 is 5.56. The molecule has 1 saturated heterocycles. The van der Waals surface area contributed by atoms with Gasteiger partial charge >= 0.3 is 0 Å². The first-order valence-corrected chi connectivity index (χ1v) is 3.60. The molecule has 0 aromatic heterocycles. The molecule has 0 radical (unpaired) electrons. The summed E-state index contributed by atoms with van der Waals surface area (Å²) in [7, 11) is 0. The van der Waals surface area contributed by atoms with Gasteiger partial charge in [0, 0.05) is 0 Å². The van der Waals surface area contributed by atoms with Crippen LogP contribution in [-0.4, -0.2) is 11.7 Å². The van der Waals surface area contributed by atoms with Gasteiger partial charge in [0.05, 0.1) is 11.7 Å². The van der Waals surface area contributed by atoms with Crippen molar-refractivity contribution in [3.63, 3.8) is 0 Å². The van der Waals surface area contributed by atoms with E-state index in [0.29, 0.717) is 5.60 Å². The van der Waals surface area contributed by atoms with Crippen molar-refractivity contribution in [3.05, 3.63) is 0 Å². The van der Waals surface area contributed by atoms with Gasteiger partial charge in [-0.3, -0.25) is 0 Å². The van der Waals surface area contributed by atoms with Crippen LogP contribution < -0.4 is 0 Å². The van der Waals surface area contributed by atoms with Crippen molar-refractivity contribution < 1.29 is 4.74 Å². The van der Waals surface area contributed by atoms with Gasteiger partial charge in [0.15, 0.2) is 0 Å². The van der Waals surface area contributed by atoms with E-state index in [2.05, 4.69) is 0 Å². The van der Waals surface area contributed by atoms with Crippen LogP contribution in [0, 0.1) is 17.8 Å². The zero-order valence-electron chi connectivity index (χ0n) is 4.63. The fraction of sp³-hybridized carbons (Fsp3) is 1.00. The molecule has 0 aromatic rings. The number of rotatable bonds is 0. The molecular weight excluding hydrogens is 100 g/mol. The minimum Gasteiger partial charge on any atom is -0.366 e. The molecule has 42 valence electrons. The lowest BCUT2D eigenvalue weighted by molar-refractivity contribution is 0.178. The Morgan fingerprint density at radius 3 is 2.75 bits per heavy atom. The molecule has 1 heterocycles. The van der Waals surface area contributed by atoms with Crippen LogP contribution in [0.1, 0.15) is 12.8 Å². The zero-order valence-corrected chi connectivity index (χ0v) is 4.63. The molecule has 5 atom stereocenters. The molecule has 4 fully saturated rings. The van der Waals surface area contributed by atoms with Gasteiger partial charge in [-0.1, -0.05) is 0 Å². The lowest BCUT2D eigenvalue weighted by Crippen LogP contribution is -2.27. The molecule has 1 aliphatic heterocycles. The second-order valence-electron chi connectivity index (χ2n) is 3.85. The highest BCUT2D eigenvalue weighted by molar-refractivity contribution is 5.35. The third kappa shape index (κ3) is 0.127. The molecule has 0 N–H and O–H groups in total. The van der Waals surface area contributed by atoms with E-state index in [1.54, 1.807) is 0 Å². The fourth-order valence-corrected chi connectivity index (χ4v) is 3.31. The predicted molar refractivity (Wildman–Crippen MR) is 27.3 cm³/mol. The minimum atomic E-state index is 0.537. The van der Waals surface area contributed by atoms with E-state index in [-0.39, 0.29) is 0 Å². The summed E-state index contributed by atoms with van der Waals surface area (Å²) in [5, 5.41) is 0. The van der Waals surface area contributed by atoms with Crippen LogP contribution >= 0.6 is 0 Å². The highest BCUT2D eigenvalue weighted by atomic mass is 16.6. The van der Waals surface area contributed by atoms with Crippen LogP contribution in [-0.2, 0) is 4.74 Å². The van der Waals surface area contributed by atoms with Gasteiger partial charge in [-0.2, -0.15) is 0 Å². The zero-order chi connectivity index (χ0) is 4.93. The van der Waals surface area contributed by atoms with E-state index in [9.17, 15) is 0 Å². The highest BCUT2D eigenvalue weighted by Crippen LogP contribution is 2.83. The van der Waals surface area contributed by atoms with Crippen molar-refractivity contribution in [1.29, 1.82) is 0 Å². The number of hydrogen-bond acceptors (Lipinski definition) is 1. The third-order valence-electron chi connectivity index (χ3n) is 3.79. The summed E-state index contributed by atoms with van der Waals surface area (Å²) in [6.45, 7) is 0. The van der Waals surface area contributed by atoms with Crippen LogP contribution in [0.2, 0.25) is 0 Å². The molecule has 1 nitrogen and oxygen atoms in total. The largest absolute Gasteiger partial charge is 0.366 e. The topological polar surface area (TPSA) is 12.5 Å². The summed E-state index contributed by atoms with van der Waals surface area (Å²) in [5.74, 6) is 3.37. The maximum Gasteiger partial charge on any atom is 0.0984 e. The summed E-state index contributed by atoms with van der Waals surface area (Å²) >= 11 is 0.